The lowest BCUT2D eigenvalue weighted by molar-refractivity contribution is 0.0115. The molecule has 7 nitrogen and oxygen atoms in total. The standard InChI is InChI=1S/C27H34O7S/c1-3-30-16-17-31-18-19-32-20-21-33-27-9-5-7-25-23(6-4-8-26(25)27)14-15-34-35(28,29)24-12-10-22(2)11-13-24/h4-13H,3,14-21H2,1-2H3. The van der Waals surface area contributed by atoms with Crippen molar-refractivity contribution in [2.24, 2.45) is 0 Å². The molecule has 0 unspecified atom stereocenters. The monoisotopic (exact) mass is 502 g/mol. The molecule has 190 valence electrons. The maximum Gasteiger partial charge on any atom is 0.296 e. The molecule has 3 aromatic rings. The van der Waals surface area contributed by atoms with Crippen molar-refractivity contribution in [3.8, 4) is 5.75 Å². The van der Waals surface area contributed by atoms with Gasteiger partial charge >= 0.3 is 0 Å². The molecule has 3 rings (SSSR count). The second kappa shape index (κ2) is 14.2. The van der Waals surface area contributed by atoms with E-state index in [2.05, 4.69) is 0 Å². The molecule has 0 aliphatic heterocycles. The summed E-state index contributed by atoms with van der Waals surface area (Å²) in [6, 6.07) is 18.4. The second-order valence-corrected chi connectivity index (χ2v) is 9.49. The highest BCUT2D eigenvalue weighted by molar-refractivity contribution is 7.86. The largest absolute Gasteiger partial charge is 0.491 e. The fraction of sp³-hybridized carbons (Fsp3) is 0.407. The zero-order valence-electron chi connectivity index (χ0n) is 20.4. The third-order valence-electron chi connectivity index (χ3n) is 5.33. The van der Waals surface area contributed by atoms with Gasteiger partial charge in [0, 0.05) is 12.0 Å². The fourth-order valence-electron chi connectivity index (χ4n) is 3.52. The summed E-state index contributed by atoms with van der Waals surface area (Å²) in [6.07, 6.45) is 0.457. The maximum absolute atomic E-state index is 12.5. The van der Waals surface area contributed by atoms with Crippen molar-refractivity contribution in [3.63, 3.8) is 0 Å². The van der Waals surface area contributed by atoms with E-state index in [0.29, 0.717) is 52.7 Å². The third kappa shape index (κ3) is 8.59. The van der Waals surface area contributed by atoms with Gasteiger partial charge in [-0.3, -0.25) is 4.18 Å². The number of benzene rings is 3. The van der Waals surface area contributed by atoms with Crippen LogP contribution >= 0.6 is 0 Å². The number of ether oxygens (including phenoxy) is 4. The molecule has 35 heavy (non-hydrogen) atoms. The molecule has 0 amide bonds. The minimum absolute atomic E-state index is 0.0564. The second-order valence-electron chi connectivity index (χ2n) is 7.88. The topological polar surface area (TPSA) is 80.3 Å². The summed E-state index contributed by atoms with van der Waals surface area (Å²) in [6.45, 7) is 7.66. The van der Waals surface area contributed by atoms with Crippen molar-refractivity contribution in [3.05, 3.63) is 71.8 Å². The normalized spacial score (nSPS) is 11.7. The number of hydrogen-bond donors (Lipinski definition) is 0. The SMILES string of the molecule is CCOCCOCCOCCOc1cccc2c(CCOS(=O)(=O)c3ccc(C)cc3)cccc12. The van der Waals surface area contributed by atoms with Crippen LogP contribution in [0.25, 0.3) is 10.8 Å². The lowest BCUT2D eigenvalue weighted by Gasteiger charge is -2.13. The van der Waals surface area contributed by atoms with Crippen LogP contribution in [0.4, 0.5) is 0 Å². The Morgan fingerprint density at radius 2 is 1.31 bits per heavy atom. The summed E-state index contributed by atoms with van der Waals surface area (Å²) in [5.41, 5.74) is 1.99. The van der Waals surface area contributed by atoms with E-state index in [-0.39, 0.29) is 11.5 Å². The van der Waals surface area contributed by atoms with E-state index < -0.39 is 10.1 Å². The first-order valence-electron chi connectivity index (χ1n) is 11.8. The highest BCUT2D eigenvalue weighted by Crippen LogP contribution is 2.28. The first-order valence-corrected chi connectivity index (χ1v) is 13.2. The van der Waals surface area contributed by atoms with Gasteiger partial charge in [-0.15, -0.1) is 0 Å². The molecular weight excluding hydrogens is 468 g/mol. The molecule has 0 fully saturated rings. The number of hydrogen-bond acceptors (Lipinski definition) is 7. The van der Waals surface area contributed by atoms with Gasteiger partial charge < -0.3 is 18.9 Å². The Hall–Kier alpha value is -2.49. The first kappa shape index (κ1) is 27.1. The zero-order valence-corrected chi connectivity index (χ0v) is 21.2. The highest BCUT2D eigenvalue weighted by atomic mass is 32.2. The van der Waals surface area contributed by atoms with E-state index in [1.165, 1.54) is 0 Å². The molecule has 0 radical (unpaired) electrons. The van der Waals surface area contributed by atoms with Crippen molar-refractivity contribution in [1.29, 1.82) is 0 Å². The predicted octanol–water partition coefficient (Wildman–Crippen LogP) is 4.54. The molecule has 0 N–H and O–H groups in total. The Balaban J connectivity index is 1.49. The van der Waals surface area contributed by atoms with Gasteiger partial charge in [-0.1, -0.05) is 48.0 Å². The average molecular weight is 503 g/mol. The summed E-state index contributed by atoms with van der Waals surface area (Å²) >= 11 is 0. The molecule has 0 saturated heterocycles. The molecule has 8 heteroatoms. The summed E-state index contributed by atoms with van der Waals surface area (Å²) in [5, 5.41) is 1.97. The van der Waals surface area contributed by atoms with E-state index in [9.17, 15) is 8.42 Å². The summed E-state index contributed by atoms with van der Waals surface area (Å²) < 4.78 is 52.3. The van der Waals surface area contributed by atoms with E-state index >= 15 is 0 Å². The van der Waals surface area contributed by atoms with Gasteiger partial charge in [0.2, 0.25) is 0 Å². The molecule has 0 aromatic heterocycles. The van der Waals surface area contributed by atoms with Crippen LogP contribution in [0.2, 0.25) is 0 Å². The van der Waals surface area contributed by atoms with Crippen molar-refractivity contribution in [2.75, 3.05) is 52.9 Å². The molecular formula is C27H34O7S. The lowest BCUT2D eigenvalue weighted by Crippen LogP contribution is -2.12. The minimum atomic E-state index is -3.79. The maximum atomic E-state index is 12.5. The molecule has 0 saturated carbocycles. The lowest BCUT2D eigenvalue weighted by atomic mass is 10.0. The molecule has 3 aromatic carbocycles. The van der Waals surface area contributed by atoms with Crippen molar-refractivity contribution < 1.29 is 31.5 Å². The summed E-state index contributed by atoms with van der Waals surface area (Å²) in [7, 11) is -3.79. The van der Waals surface area contributed by atoms with Gasteiger partial charge in [-0.2, -0.15) is 8.42 Å². The first-order chi connectivity index (χ1) is 17.0. The van der Waals surface area contributed by atoms with E-state index in [4.69, 9.17) is 23.1 Å². The van der Waals surface area contributed by atoms with Crippen molar-refractivity contribution >= 4 is 20.9 Å². The molecule has 0 heterocycles. The van der Waals surface area contributed by atoms with E-state index in [0.717, 1.165) is 27.6 Å². The number of rotatable bonds is 16. The van der Waals surface area contributed by atoms with Crippen LogP contribution in [0.1, 0.15) is 18.1 Å². The van der Waals surface area contributed by atoms with Crippen LogP contribution in [-0.2, 0) is 34.9 Å². The fourth-order valence-corrected chi connectivity index (χ4v) is 4.43. The Morgan fingerprint density at radius 3 is 2.03 bits per heavy atom. The van der Waals surface area contributed by atoms with Gasteiger partial charge in [0.05, 0.1) is 44.5 Å². The van der Waals surface area contributed by atoms with Crippen molar-refractivity contribution in [1.82, 2.24) is 0 Å². The van der Waals surface area contributed by atoms with Crippen LogP contribution in [0.5, 0.6) is 5.75 Å². The number of aryl methyl sites for hydroxylation is 1. The van der Waals surface area contributed by atoms with E-state index in [1.807, 2.05) is 50.2 Å². The molecule has 0 spiro atoms. The molecule has 0 bridgehead atoms. The zero-order chi connectivity index (χ0) is 24.9. The van der Waals surface area contributed by atoms with Gasteiger partial charge in [-0.05, 0) is 49.4 Å². The molecule has 0 aliphatic rings. The predicted molar refractivity (Wildman–Crippen MR) is 136 cm³/mol. The van der Waals surface area contributed by atoms with Crippen LogP contribution < -0.4 is 4.74 Å². The Kier molecular flexibility index (Phi) is 11.0. The smallest absolute Gasteiger partial charge is 0.296 e. The molecule has 0 atom stereocenters. The quantitative estimate of drug-likeness (QED) is 0.210. The molecule has 0 aliphatic carbocycles. The van der Waals surface area contributed by atoms with Crippen LogP contribution in [0, 0.1) is 6.92 Å². The Morgan fingerprint density at radius 1 is 0.686 bits per heavy atom. The summed E-state index contributed by atoms with van der Waals surface area (Å²) in [4.78, 5) is 0.163. The van der Waals surface area contributed by atoms with Crippen LogP contribution in [0.3, 0.4) is 0 Å². The van der Waals surface area contributed by atoms with E-state index in [1.54, 1.807) is 24.3 Å². The van der Waals surface area contributed by atoms with Crippen LogP contribution in [-0.4, -0.2) is 61.3 Å². The van der Waals surface area contributed by atoms with Crippen LogP contribution in [0.15, 0.2) is 65.6 Å². The average Bonchev–Trinajstić information content (AvgIpc) is 2.85. The van der Waals surface area contributed by atoms with Gasteiger partial charge in [0.15, 0.2) is 0 Å². The third-order valence-corrected chi connectivity index (χ3v) is 6.65. The minimum Gasteiger partial charge on any atom is -0.491 e. The van der Waals surface area contributed by atoms with Gasteiger partial charge in [-0.25, -0.2) is 0 Å². The Labute approximate surface area is 208 Å². The highest BCUT2D eigenvalue weighted by Gasteiger charge is 2.15. The summed E-state index contributed by atoms with van der Waals surface area (Å²) in [5.74, 6) is 0.758. The van der Waals surface area contributed by atoms with Crippen molar-refractivity contribution in [2.45, 2.75) is 25.2 Å². The Bertz CT molecular complexity index is 1140. The van der Waals surface area contributed by atoms with Gasteiger partial charge in [0.25, 0.3) is 10.1 Å². The number of fused-ring (bicyclic) bond motifs is 1. The van der Waals surface area contributed by atoms with Gasteiger partial charge in [0.1, 0.15) is 12.4 Å².